The van der Waals surface area contributed by atoms with Crippen LogP contribution in [0, 0.1) is 5.92 Å². The largest absolute Gasteiger partial charge is 0.351 e. The van der Waals surface area contributed by atoms with Crippen molar-refractivity contribution < 1.29 is 4.79 Å². The summed E-state index contributed by atoms with van der Waals surface area (Å²) in [6.45, 7) is 4.02. The molecule has 2 rings (SSSR count). The second kappa shape index (κ2) is 7.00. The van der Waals surface area contributed by atoms with Gasteiger partial charge >= 0.3 is 5.69 Å². The lowest BCUT2D eigenvalue weighted by atomic mass is 10.0. The maximum Gasteiger partial charge on any atom is 0.332 e. The monoisotopic (exact) mass is 336 g/mol. The SMILES string of the molecule is CC(C)CC(CN)NC(=O)Cn1c(=O)c2c(ncn2C)n(C)c1=O. The molecule has 2 aromatic rings. The fraction of sp³-hybridized carbons (Fsp3) is 0.600. The van der Waals surface area contributed by atoms with E-state index in [0.29, 0.717) is 18.1 Å². The van der Waals surface area contributed by atoms with Gasteiger partial charge < -0.3 is 15.6 Å². The molecule has 0 aliphatic rings. The molecule has 24 heavy (non-hydrogen) atoms. The molecule has 9 nitrogen and oxygen atoms in total. The molecule has 0 aromatic carbocycles. The highest BCUT2D eigenvalue weighted by atomic mass is 16.2. The van der Waals surface area contributed by atoms with Gasteiger partial charge in [-0.2, -0.15) is 0 Å². The molecule has 0 spiro atoms. The van der Waals surface area contributed by atoms with Gasteiger partial charge in [0.2, 0.25) is 5.91 Å². The van der Waals surface area contributed by atoms with Crippen molar-refractivity contribution in [1.82, 2.24) is 24.0 Å². The molecule has 1 amide bonds. The number of rotatable bonds is 6. The van der Waals surface area contributed by atoms with Crippen LogP contribution in [0.1, 0.15) is 20.3 Å². The molecule has 0 saturated heterocycles. The molecule has 0 radical (unpaired) electrons. The highest BCUT2D eigenvalue weighted by Crippen LogP contribution is 2.04. The number of aryl methyl sites for hydroxylation is 2. The van der Waals surface area contributed by atoms with Gasteiger partial charge in [-0.05, 0) is 12.3 Å². The van der Waals surface area contributed by atoms with Crippen LogP contribution in [0.3, 0.4) is 0 Å². The van der Waals surface area contributed by atoms with E-state index in [1.54, 1.807) is 7.05 Å². The maximum absolute atomic E-state index is 12.5. The minimum absolute atomic E-state index is 0.183. The molecule has 1 atom stereocenters. The normalized spacial score (nSPS) is 12.8. The van der Waals surface area contributed by atoms with Crippen LogP contribution in [0.5, 0.6) is 0 Å². The molecule has 1 unspecified atom stereocenters. The van der Waals surface area contributed by atoms with Crippen molar-refractivity contribution >= 4 is 17.1 Å². The number of carbonyl (C=O) groups excluding carboxylic acids is 1. The van der Waals surface area contributed by atoms with Crippen molar-refractivity contribution in [2.24, 2.45) is 25.7 Å². The molecule has 2 heterocycles. The number of nitrogens with one attached hydrogen (secondary N) is 1. The predicted octanol–water partition coefficient (Wildman–Crippen LogP) is -1.08. The summed E-state index contributed by atoms with van der Waals surface area (Å²) in [5.74, 6) is -0.0351. The maximum atomic E-state index is 12.5. The highest BCUT2D eigenvalue weighted by molar-refractivity contribution is 5.77. The van der Waals surface area contributed by atoms with Crippen molar-refractivity contribution in [3.05, 3.63) is 27.2 Å². The highest BCUT2D eigenvalue weighted by Gasteiger charge is 2.18. The number of imidazole rings is 1. The second-order valence-corrected chi connectivity index (χ2v) is 6.39. The molecular formula is C15H24N6O3. The van der Waals surface area contributed by atoms with E-state index in [1.807, 2.05) is 13.8 Å². The number of nitrogens with zero attached hydrogens (tertiary/aromatic N) is 4. The van der Waals surface area contributed by atoms with Crippen LogP contribution in [0.15, 0.2) is 15.9 Å². The van der Waals surface area contributed by atoms with E-state index in [1.165, 1.54) is 22.5 Å². The topological polar surface area (TPSA) is 117 Å². The Morgan fingerprint density at radius 2 is 2.00 bits per heavy atom. The Hall–Kier alpha value is -2.42. The van der Waals surface area contributed by atoms with E-state index in [9.17, 15) is 14.4 Å². The van der Waals surface area contributed by atoms with Crippen LogP contribution in [0.25, 0.3) is 11.2 Å². The van der Waals surface area contributed by atoms with Crippen molar-refractivity contribution in [1.29, 1.82) is 0 Å². The molecule has 3 N–H and O–H groups in total. The van der Waals surface area contributed by atoms with Gasteiger partial charge in [0.25, 0.3) is 5.56 Å². The Labute approximate surface area is 139 Å². The van der Waals surface area contributed by atoms with E-state index in [4.69, 9.17) is 5.73 Å². The van der Waals surface area contributed by atoms with Gasteiger partial charge in [-0.3, -0.25) is 14.2 Å². The number of nitrogens with two attached hydrogens (primary N) is 1. The third kappa shape index (κ3) is 3.40. The van der Waals surface area contributed by atoms with Crippen LogP contribution in [0.4, 0.5) is 0 Å². The number of carbonyl (C=O) groups is 1. The first kappa shape index (κ1) is 17.9. The molecule has 0 bridgehead atoms. The summed E-state index contributed by atoms with van der Waals surface area (Å²) in [5, 5.41) is 2.78. The van der Waals surface area contributed by atoms with Crippen molar-refractivity contribution in [3.63, 3.8) is 0 Å². The number of aromatic nitrogens is 4. The van der Waals surface area contributed by atoms with Crippen LogP contribution < -0.4 is 22.3 Å². The summed E-state index contributed by atoms with van der Waals surface area (Å²) < 4.78 is 3.72. The van der Waals surface area contributed by atoms with Gasteiger partial charge in [0.15, 0.2) is 11.2 Å². The Morgan fingerprint density at radius 3 is 2.58 bits per heavy atom. The first-order chi connectivity index (χ1) is 11.3. The lowest BCUT2D eigenvalue weighted by molar-refractivity contribution is -0.122. The molecule has 132 valence electrons. The number of fused-ring (bicyclic) bond motifs is 1. The van der Waals surface area contributed by atoms with Gasteiger partial charge in [0, 0.05) is 26.7 Å². The molecule has 2 aromatic heterocycles. The molecule has 0 fully saturated rings. The average Bonchev–Trinajstić information content (AvgIpc) is 2.90. The smallest absolute Gasteiger partial charge is 0.332 e. The van der Waals surface area contributed by atoms with Crippen LogP contribution in [-0.4, -0.2) is 37.2 Å². The van der Waals surface area contributed by atoms with Gasteiger partial charge in [-0.25, -0.2) is 14.3 Å². The first-order valence-corrected chi connectivity index (χ1v) is 7.86. The molecule has 9 heteroatoms. The predicted molar refractivity (Wildman–Crippen MR) is 90.7 cm³/mol. The van der Waals surface area contributed by atoms with E-state index in [-0.39, 0.29) is 18.1 Å². The van der Waals surface area contributed by atoms with Gasteiger partial charge in [0.1, 0.15) is 6.54 Å². The zero-order valence-electron chi connectivity index (χ0n) is 14.4. The average molecular weight is 336 g/mol. The summed E-state index contributed by atoms with van der Waals surface area (Å²) in [5.41, 5.74) is 5.14. The van der Waals surface area contributed by atoms with Crippen LogP contribution >= 0.6 is 0 Å². The fourth-order valence-electron chi connectivity index (χ4n) is 2.74. The lowest BCUT2D eigenvalue weighted by Gasteiger charge is -2.19. The van der Waals surface area contributed by atoms with E-state index >= 15 is 0 Å². The number of amides is 1. The van der Waals surface area contributed by atoms with Gasteiger partial charge in [-0.1, -0.05) is 13.8 Å². The molecule has 0 saturated carbocycles. The van der Waals surface area contributed by atoms with E-state index in [2.05, 4.69) is 10.3 Å². The van der Waals surface area contributed by atoms with Crippen molar-refractivity contribution in [2.75, 3.05) is 6.54 Å². The zero-order chi connectivity index (χ0) is 18.0. The van der Waals surface area contributed by atoms with E-state index in [0.717, 1.165) is 11.0 Å². The van der Waals surface area contributed by atoms with Crippen molar-refractivity contribution in [2.45, 2.75) is 32.9 Å². The summed E-state index contributed by atoms with van der Waals surface area (Å²) in [6.07, 6.45) is 2.19. The number of hydrogen-bond donors (Lipinski definition) is 2. The second-order valence-electron chi connectivity index (χ2n) is 6.39. The zero-order valence-corrected chi connectivity index (χ0v) is 14.4. The van der Waals surface area contributed by atoms with Gasteiger partial charge in [0.05, 0.1) is 6.33 Å². The van der Waals surface area contributed by atoms with Crippen LogP contribution in [-0.2, 0) is 25.4 Å². The lowest BCUT2D eigenvalue weighted by Crippen LogP contribution is -2.47. The third-order valence-corrected chi connectivity index (χ3v) is 3.91. The Balaban J connectivity index is 2.33. The first-order valence-electron chi connectivity index (χ1n) is 7.86. The Morgan fingerprint density at radius 1 is 1.33 bits per heavy atom. The summed E-state index contributed by atoms with van der Waals surface area (Å²) in [6, 6.07) is -0.183. The minimum Gasteiger partial charge on any atom is -0.351 e. The Bertz CT molecular complexity index is 860. The number of hydrogen-bond acceptors (Lipinski definition) is 5. The molecule has 0 aliphatic carbocycles. The summed E-state index contributed by atoms with van der Waals surface area (Å²) in [4.78, 5) is 41.2. The molecular weight excluding hydrogens is 312 g/mol. The Kier molecular flexibility index (Phi) is 5.23. The third-order valence-electron chi connectivity index (χ3n) is 3.91. The van der Waals surface area contributed by atoms with E-state index < -0.39 is 17.2 Å². The van der Waals surface area contributed by atoms with Crippen LogP contribution in [0.2, 0.25) is 0 Å². The minimum atomic E-state index is -0.575. The molecule has 0 aliphatic heterocycles. The van der Waals surface area contributed by atoms with Gasteiger partial charge in [-0.15, -0.1) is 0 Å². The fourth-order valence-corrected chi connectivity index (χ4v) is 2.74. The van der Waals surface area contributed by atoms with Crippen molar-refractivity contribution in [3.8, 4) is 0 Å². The standard InChI is InChI=1S/C15H24N6O3/c1-9(2)5-10(6-16)18-11(22)7-21-14(23)12-13(17-8-19(12)3)20(4)15(21)24/h8-10H,5-7,16H2,1-4H3,(H,18,22). The summed E-state index contributed by atoms with van der Waals surface area (Å²) >= 11 is 0. The quantitative estimate of drug-likeness (QED) is 0.696. The summed E-state index contributed by atoms with van der Waals surface area (Å²) in [7, 11) is 3.19.